The fourth-order valence-corrected chi connectivity index (χ4v) is 2.60. The summed E-state index contributed by atoms with van der Waals surface area (Å²) in [4.78, 5) is 10.5. The number of rotatable bonds is 6. The molecule has 114 valence electrons. The number of hydrogen-bond donors (Lipinski definition) is 0. The Morgan fingerprint density at radius 2 is 1.53 bits per heavy atom. The third-order valence-corrected chi connectivity index (χ3v) is 3.87. The van der Waals surface area contributed by atoms with Gasteiger partial charge in [-0.25, -0.2) is 4.89 Å². The van der Waals surface area contributed by atoms with E-state index in [1.165, 1.54) is 32.1 Å². The molecule has 19 heavy (non-hydrogen) atoms. The number of unbranched alkanes of at least 4 members (excludes halogenated alkanes) is 2. The molecule has 0 aromatic heterocycles. The van der Waals surface area contributed by atoms with Gasteiger partial charge in [-0.05, 0) is 35.8 Å². The Hall–Kier alpha value is -0.160. The van der Waals surface area contributed by atoms with E-state index >= 15 is 0 Å². The molecule has 0 aliphatic carbocycles. The van der Waals surface area contributed by atoms with E-state index in [0.717, 1.165) is 38.5 Å². The zero-order valence-corrected chi connectivity index (χ0v) is 12.6. The smallest absolute Gasteiger partial charge is 0.107 e. The first kappa shape index (κ1) is 16.9. The standard InChI is InChI=1S/C15H30O4/c1-3-5-11-15(12-6-4-2)13-9-7-8-10-14-16-18-19-17-15/h3-14H2,1-2H3. The van der Waals surface area contributed by atoms with Crippen molar-refractivity contribution in [2.75, 3.05) is 6.61 Å². The molecular weight excluding hydrogens is 244 g/mol. The molecule has 0 aromatic carbocycles. The third kappa shape index (κ3) is 7.25. The van der Waals surface area contributed by atoms with E-state index in [-0.39, 0.29) is 5.60 Å². The molecule has 0 unspecified atom stereocenters. The van der Waals surface area contributed by atoms with Gasteiger partial charge in [0.1, 0.15) is 5.60 Å². The average molecular weight is 274 g/mol. The maximum absolute atomic E-state index is 5.62. The minimum absolute atomic E-state index is 0.195. The van der Waals surface area contributed by atoms with E-state index in [2.05, 4.69) is 18.9 Å². The van der Waals surface area contributed by atoms with Gasteiger partial charge in [0, 0.05) is 0 Å². The fourth-order valence-electron chi connectivity index (χ4n) is 2.60. The summed E-state index contributed by atoms with van der Waals surface area (Å²) in [6, 6.07) is 0. The van der Waals surface area contributed by atoms with Gasteiger partial charge in [-0.15, -0.1) is 0 Å². The van der Waals surface area contributed by atoms with Crippen molar-refractivity contribution in [2.45, 2.75) is 90.1 Å². The molecule has 0 saturated carbocycles. The van der Waals surface area contributed by atoms with Crippen molar-refractivity contribution in [1.29, 1.82) is 0 Å². The highest BCUT2D eigenvalue weighted by molar-refractivity contribution is 4.79. The molecule has 0 amide bonds. The molecule has 0 aromatic rings. The minimum Gasteiger partial charge on any atom is -0.204 e. The zero-order chi connectivity index (χ0) is 13.8. The van der Waals surface area contributed by atoms with Gasteiger partial charge in [-0.2, -0.15) is 4.89 Å². The normalized spacial score (nSPS) is 21.8. The highest BCUT2D eigenvalue weighted by Gasteiger charge is 2.32. The predicted molar refractivity (Wildman–Crippen MR) is 74.1 cm³/mol. The van der Waals surface area contributed by atoms with E-state index < -0.39 is 0 Å². The summed E-state index contributed by atoms with van der Waals surface area (Å²) in [6.07, 6.45) is 12.4. The Bertz CT molecular complexity index is 186. The minimum atomic E-state index is -0.195. The SMILES string of the molecule is CCCCC1(CCCC)CCCCCCOOOO1. The van der Waals surface area contributed by atoms with Crippen LogP contribution >= 0.6 is 0 Å². The monoisotopic (exact) mass is 274 g/mol. The average Bonchev–Trinajstić information content (AvgIpc) is 2.48. The van der Waals surface area contributed by atoms with E-state index in [4.69, 9.17) is 14.8 Å². The third-order valence-electron chi connectivity index (χ3n) is 3.87. The lowest BCUT2D eigenvalue weighted by Gasteiger charge is -2.31. The lowest BCUT2D eigenvalue weighted by molar-refractivity contribution is -0.652. The van der Waals surface area contributed by atoms with Crippen molar-refractivity contribution < 1.29 is 19.9 Å². The zero-order valence-electron chi connectivity index (χ0n) is 12.6. The molecule has 0 N–H and O–H groups in total. The molecule has 1 heterocycles. The van der Waals surface area contributed by atoms with Crippen LogP contribution in [0.25, 0.3) is 0 Å². The van der Waals surface area contributed by atoms with Gasteiger partial charge in [-0.1, -0.05) is 58.8 Å². The fraction of sp³-hybridized carbons (Fsp3) is 1.00. The van der Waals surface area contributed by atoms with Crippen LogP contribution in [-0.4, -0.2) is 12.2 Å². The Morgan fingerprint density at radius 3 is 2.21 bits per heavy atom. The molecule has 1 saturated heterocycles. The second-order valence-electron chi connectivity index (χ2n) is 5.60. The topological polar surface area (TPSA) is 36.9 Å². The van der Waals surface area contributed by atoms with Gasteiger partial charge >= 0.3 is 0 Å². The molecule has 0 spiro atoms. The summed E-state index contributed by atoms with van der Waals surface area (Å²) in [6.45, 7) is 4.98. The maximum atomic E-state index is 5.62. The van der Waals surface area contributed by atoms with Crippen LogP contribution in [-0.2, 0) is 19.9 Å². The molecule has 1 aliphatic heterocycles. The van der Waals surface area contributed by atoms with Crippen molar-refractivity contribution in [2.24, 2.45) is 0 Å². The summed E-state index contributed by atoms with van der Waals surface area (Å²) in [5, 5.41) is 9.51. The summed E-state index contributed by atoms with van der Waals surface area (Å²) in [5.41, 5.74) is -0.195. The highest BCUT2D eigenvalue weighted by atomic mass is 17.7. The van der Waals surface area contributed by atoms with Crippen LogP contribution < -0.4 is 0 Å². The Morgan fingerprint density at radius 1 is 0.842 bits per heavy atom. The molecule has 0 bridgehead atoms. The van der Waals surface area contributed by atoms with Crippen molar-refractivity contribution in [3.05, 3.63) is 0 Å². The second-order valence-corrected chi connectivity index (χ2v) is 5.60. The van der Waals surface area contributed by atoms with Crippen molar-refractivity contribution in [1.82, 2.24) is 0 Å². The van der Waals surface area contributed by atoms with Crippen LogP contribution in [0.2, 0.25) is 0 Å². The molecule has 0 atom stereocenters. The van der Waals surface area contributed by atoms with Gasteiger partial charge in [0.15, 0.2) is 0 Å². The molecular formula is C15H30O4. The van der Waals surface area contributed by atoms with Gasteiger partial charge in [-0.3, -0.25) is 0 Å². The summed E-state index contributed by atoms with van der Waals surface area (Å²) in [7, 11) is 0. The largest absolute Gasteiger partial charge is 0.204 e. The lowest BCUT2D eigenvalue weighted by atomic mass is 9.86. The van der Waals surface area contributed by atoms with E-state index in [1.807, 2.05) is 0 Å². The Kier molecular flexibility index (Phi) is 9.43. The molecule has 1 rings (SSSR count). The number of hydrogen-bond acceptors (Lipinski definition) is 4. The molecule has 0 radical (unpaired) electrons. The van der Waals surface area contributed by atoms with Crippen LogP contribution in [0.1, 0.15) is 84.5 Å². The van der Waals surface area contributed by atoms with Gasteiger partial charge in [0.25, 0.3) is 0 Å². The molecule has 1 aliphatic rings. The van der Waals surface area contributed by atoms with Crippen LogP contribution in [0.3, 0.4) is 0 Å². The first-order valence-corrected chi connectivity index (χ1v) is 7.97. The second kappa shape index (κ2) is 10.6. The summed E-state index contributed by atoms with van der Waals surface area (Å²) < 4.78 is 0. The summed E-state index contributed by atoms with van der Waals surface area (Å²) in [5.74, 6) is 0. The molecule has 4 nitrogen and oxygen atoms in total. The van der Waals surface area contributed by atoms with Crippen LogP contribution in [0, 0.1) is 0 Å². The van der Waals surface area contributed by atoms with E-state index in [1.54, 1.807) is 0 Å². The maximum Gasteiger partial charge on any atom is 0.107 e. The van der Waals surface area contributed by atoms with Crippen molar-refractivity contribution in [3.63, 3.8) is 0 Å². The Balaban J connectivity index is 2.56. The molecule has 4 heteroatoms. The van der Waals surface area contributed by atoms with Crippen LogP contribution in [0.4, 0.5) is 0 Å². The van der Waals surface area contributed by atoms with E-state index in [0.29, 0.717) is 6.61 Å². The predicted octanol–water partition coefficient (Wildman–Crippen LogP) is 4.88. The Labute approximate surface area is 117 Å². The highest BCUT2D eigenvalue weighted by Crippen LogP contribution is 2.32. The first-order valence-electron chi connectivity index (χ1n) is 7.97. The van der Waals surface area contributed by atoms with Crippen molar-refractivity contribution in [3.8, 4) is 0 Å². The first-order chi connectivity index (χ1) is 9.33. The van der Waals surface area contributed by atoms with Gasteiger partial charge < -0.3 is 0 Å². The molecule has 1 fully saturated rings. The lowest BCUT2D eigenvalue weighted by Crippen LogP contribution is -2.33. The van der Waals surface area contributed by atoms with Gasteiger partial charge in [0.2, 0.25) is 0 Å². The van der Waals surface area contributed by atoms with Crippen LogP contribution in [0.15, 0.2) is 0 Å². The van der Waals surface area contributed by atoms with E-state index in [9.17, 15) is 0 Å². The van der Waals surface area contributed by atoms with Crippen molar-refractivity contribution >= 4 is 0 Å². The quantitative estimate of drug-likeness (QED) is 0.647. The van der Waals surface area contributed by atoms with Crippen LogP contribution in [0.5, 0.6) is 0 Å². The summed E-state index contributed by atoms with van der Waals surface area (Å²) >= 11 is 0. The van der Waals surface area contributed by atoms with Gasteiger partial charge in [0.05, 0.1) is 6.61 Å².